The molecule has 33 heavy (non-hydrogen) atoms. The lowest BCUT2D eigenvalue weighted by Crippen LogP contribution is -2.53. The number of amides is 2. The maximum atomic E-state index is 13.3. The van der Waals surface area contributed by atoms with Gasteiger partial charge in [-0.3, -0.25) is 9.59 Å². The van der Waals surface area contributed by atoms with Crippen LogP contribution in [0.25, 0.3) is 0 Å². The van der Waals surface area contributed by atoms with E-state index in [1.165, 1.54) is 6.42 Å². The number of hydrogen-bond donors (Lipinski definition) is 1. The van der Waals surface area contributed by atoms with Gasteiger partial charge in [0.2, 0.25) is 5.91 Å². The van der Waals surface area contributed by atoms with E-state index in [0.29, 0.717) is 35.2 Å². The molecule has 1 N–H and O–H groups in total. The highest BCUT2D eigenvalue weighted by molar-refractivity contribution is 6.35. The van der Waals surface area contributed by atoms with E-state index in [-0.39, 0.29) is 24.5 Å². The standard InChI is InChI=1S/C26H32Cl2N2O3/c1-2-23(26(32)29-21-11-7-4-8-12-21)30(16-15-19-9-5-3-6-10-19)25(31)18-33-24-14-13-20(27)17-22(24)28/h3,5-6,9-10,13-14,17,21,23H,2,4,7-8,11-12,15-16,18H2,1H3,(H,29,32)/t23-/m1/s1. The van der Waals surface area contributed by atoms with Gasteiger partial charge in [0.05, 0.1) is 5.02 Å². The van der Waals surface area contributed by atoms with Crippen molar-refractivity contribution in [1.29, 1.82) is 0 Å². The molecule has 5 nitrogen and oxygen atoms in total. The highest BCUT2D eigenvalue weighted by atomic mass is 35.5. The van der Waals surface area contributed by atoms with Crippen molar-refractivity contribution in [2.45, 2.75) is 64.0 Å². The number of nitrogens with zero attached hydrogens (tertiary/aromatic N) is 1. The van der Waals surface area contributed by atoms with Gasteiger partial charge in [-0.15, -0.1) is 0 Å². The number of rotatable bonds is 10. The minimum atomic E-state index is -0.549. The third-order valence-corrected chi connectivity index (χ3v) is 6.60. The molecule has 0 bridgehead atoms. The second-order valence-electron chi connectivity index (χ2n) is 8.45. The van der Waals surface area contributed by atoms with E-state index >= 15 is 0 Å². The van der Waals surface area contributed by atoms with Crippen LogP contribution in [-0.4, -0.2) is 41.9 Å². The zero-order valence-corrected chi connectivity index (χ0v) is 20.6. The van der Waals surface area contributed by atoms with Crippen LogP contribution in [0.4, 0.5) is 0 Å². The minimum Gasteiger partial charge on any atom is -0.482 e. The third kappa shape index (κ3) is 7.65. The number of carbonyl (C=O) groups is 2. The highest BCUT2D eigenvalue weighted by Crippen LogP contribution is 2.27. The lowest BCUT2D eigenvalue weighted by molar-refractivity contribution is -0.142. The second-order valence-corrected chi connectivity index (χ2v) is 9.30. The number of ether oxygens (including phenoxy) is 1. The molecule has 0 heterocycles. The van der Waals surface area contributed by atoms with Gasteiger partial charge in [0.15, 0.2) is 6.61 Å². The van der Waals surface area contributed by atoms with Gasteiger partial charge in [-0.2, -0.15) is 0 Å². The second kappa shape index (κ2) is 12.9. The van der Waals surface area contributed by atoms with E-state index in [9.17, 15) is 9.59 Å². The fourth-order valence-corrected chi connectivity index (χ4v) is 4.72. The van der Waals surface area contributed by atoms with E-state index < -0.39 is 6.04 Å². The number of nitrogens with one attached hydrogen (secondary N) is 1. The summed E-state index contributed by atoms with van der Waals surface area (Å²) in [5, 5.41) is 4.02. The SMILES string of the molecule is CC[C@H](C(=O)NC1CCCCC1)N(CCc1ccccc1)C(=O)COc1ccc(Cl)cc1Cl. The monoisotopic (exact) mass is 490 g/mol. The summed E-state index contributed by atoms with van der Waals surface area (Å²) in [6.45, 7) is 2.16. The summed E-state index contributed by atoms with van der Waals surface area (Å²) in [4.78, 5) is 28.1. The van der Waals surface area contributed by atoms with Crippen LogP contribution in [0, 0.1) is 0 Å². The molecule has 0 radical (unpaired) electrons. The molecule has 3 rings (SSSR count). The Balaban J connectivity index is 1.71. The summed E-state index contributed by atoms with van der Waals surface area (Å²) in [6.07, 6.45) is 6.66. The van der Waals surface area contributed by atoms with Crippen LogP contribution in [0.5, 0.6) is 5.75 Å². The summed E-state index contributed by atoms with van der Waals surface area (Å²) in [5.74, 6) is 0.0510. The lowest BCUT2D eigenvalue weighted by atomic mass is 9.95. The van der Waals surface area contributed by atoms with Crippen LogP contribution < -0.4 is 10.1 Å². The third-order valence-electron chi connectivity index (χ3n) is 6.07. The van der Waals surface area contributed by atoms with E-state index in [2.05, 4.69) is 5.32 Å². The Morgan fingerprint density at radius 3 is 2.48 bits per heavy atom. The van der Waals surface area contributed by atoms with E-state index in [1.807, 2.05) is 37.3 Å². The molecule has 0 aliphatic heterocycles. The Morgan fingerprint density at radius 2 is 1.82 bits per heavy atom. The van der Waals surface area contributed by atoms with Gasteiger partial charge in [0, 0.05) is 17.6 Å². The zero-order chi connectivity index (χ0) is 23.6. The van der Waals surface area contributed by atoms with Gasteiger partial charge in [0.1, 0.15) is 11.8 Å². The predicted octanol–water partition coefficient (Wildman–Crippen LogP) is 5.67. The predicted molar refractivity (Wildman–Crippen MR) is 133 cm³/mol. The average Bonchev–Trinajstić information content (AvgIpc) is 2.82. The number of halogens is 2. The smallest absolute Gasteiger partial charge is 0.261 e. The van der Waals surface area contributed by atoms with Crippen LogP contribution in [-0.2, 0) is 16.0 Å². The average molecular weight is 491 g/mol. The first-order chi connectivity index (χ1) is 16.0. The summed E-state index contributed by atoms with van der Waals surface area (Å²) < 4.78 is 5.70. The summed E-state index contributed by atoms with van der Waals surface area (Å²) in [6, 6.07) is 14.5. The summed E-state index contributed by atoms with van der Waals surface area (Å²) in [7, 11) is 0. The Morgan fingerprint density at radius 1 is 1.09 bits per heavy atom. The van der Waals surface area contributed by atoms with Gasteiger partial charge in [-0.05, 0) is 49.4 Å². The van der Waals surface area contributed by atoms with Crippen molar-refractivity contribution in [1.82, 2.24) is 10.2 Å². The molecular formula is C26H32Cl2N2O3. The molecule has 2 aromatic rings. The fraction of sp³-hybridized carbons (Fsp3) is 0.462. The molecule has 2 amide bonds. The van der Waals surface area contributed by atoms with E-state index in [0.717, 1.165) is 31.2 Å². The molecule has 1 atom stereocenters. The highest BCUT2D eigenvalue weighted by Gasteiger charge is 2.30. The van der Waals surface area contributed by atoms with Crippen LogP contribution in [0.15, 0.2) is 48.5 Å². The first-order valence-corrected chi connectivity index (χ1v) is 12.4. The van der Waals surface area contributed by atoms with Gasteiger partial charge in [-0.25, -0.2) is 0 Å². The Labute approximate surface area is 206 Å². The van der Waals surface area contributed by atoms with Crippen molar-refractivity contribution in [2.75, 3.05) is 13.2 Å². The van der Waals surface area contributed by atoms with Crippen LogP contribution >= 0.6 is 23.2 Å². The molecular weight excluding hydrogens is 459 g/mol. The number of hydrogen-bond acceptors (Lipinski definition) is 3. The van der Waals surface area contributed by atoms with Crippen molar-refractivity contribution < 1.29 is 14.3 Å². The molecule has 1 aliphatic carbocycles. The number of carbonyl (C=O) groups excluding carboxylic acids is 2. The first-order valence-electron chi connectivity index (χ1n) is 11.7. The molecule has 0 aromatic heterocycles. The fourth-order valence-electron chi connectivity index (χ4n) is 4.25. The van der Waals surface area contributed by atoms with Crippen LogP contribution in [0.3, 0.4) is 0 Å². The molecule has 0 unspecified atom stereocenters. The molecule has 0 spiro atoms. The molecule has 178 valence electrons. The number of benzene rings is 2. The van der Waals surface area contributed by atoms with E-state index in [1.54, 1.807) is 23.1 Å². The maximum absolute atomic E-state index is 13.3. The van der Waals surface area contributed by atoms with Gasteiger partial charge < -0.3 is 15.0 Å². The Kier molecular flexibility index (Phi) is 9.89. The Hall–Kier alpha value is -2.24. The molecule has 1 aliphatic rings. The van der Waals surface area contributed by atoms with E-state index in [4.69, 9.17) is 27.9 Å². The first kappa shape index (κ1) is 25.4. The quantitative estimate of drug-likeness (QED) is 0.466. The van der Waals surface area contributed by atoms with Crippen LogP contribution in [0.2, 0.25) is 10.0 Å². The van der Waals surface area contributed by atoms with Crippen molar-refractivity contribution in [2.24, 2.45) is 0 Å². The van der Waals surface area contributed by atoms with Gasteiger partial charge in [-0.1, -0.05) is 79.7 Å². The largest absolute Gasteiger partial charge is 0.482 e. The summed E-state index contributed by atoms with van der Waals surface area (Å²) >= 11 is 12.1. The maximum Gasteiger partial charge on any atom is 0.261 e. The van der Waals surface area contributed by atoms with Crippen molar-refractivity contribution in [3.63, 3.8) is 0 Å². The molecule has 1 saturated carbocycles. The van der Waals surface area contributed by atoms with Gasteiger partial charge >= 0.3 is 0 Å². The zero-order valence-electron chi connectivity index (χ0n) is 19.1. The molecule has 2 aromatic carbocycles. The van der Waals surface area contributed by atoms with Crippen molar-refractivity contribution in [3.05, 3.63) is 64.1 Å². The molecule has 1 fully saturated rings. The Bertz CT molecular complexity index is 917. The van der Waals surface area contributed by atoms with Crippen molar-refractivity contribution >= 4 is 35.0 Å². The molecule has 7 heteroatoms. The minimum absolute atomic E-state index is 0.0877. The summed E-state index contributed by atoms with van der Waals surface area (Å²) in [5.41, 5.74) is 1.11. The van der Waals surface area contributed by atoms with Crippen molar-refractivity contribution in [3.8, 4) is 5.75 Å². The van der Waals surface area contributed by atoms with Gasteiger partial charge in [0.25, 0.3) is 5.91 Å². The normalized spacial score (nSPS) is 15.0. The lowest BCUT2D eigenvalue weighted by Gasteiger charge is -2.32. The van der Waals surface area contributed by atoms with Crippen LogP contribution in [0.1, 0.15) is 51.0 Å². The molecule has 0 saturated heterocycles. The topological polar surface area (TPSA) is 58.6 Å².